The number of primary amides is 1. The number of urea groups is 1. The zero-order valence-electron chi connectivity index (χ0n) is 13.7. The number of nitro groups is 1. The van der Waals surface area contributed by atoms with Crippen molar-refractivity contribution in [2.45, 2.75) is 20.0 Å². The first-order chi connectivity index (χ1) is 11.7. The van der Waals surface area contributed by atoms with Crippen LogP contribution in [0.15, 0.2) is 12.1 Å². The van der Waals surface area contributed by atoms with Gasteiger partial charge in [0.1, 0.15) is 5.56 Å². The van der Waals surface area contributed by atoms with E-state index in [1.165, 1.54) is 14.0 Å². The number of esters is 1. The summed E-state index contributed by atoms with van der Waals surface area (Å²) >= 11 is 0. The lowest BCUT2D eigenvalue weighted by molar-refractivity contribution is -0.385. The largest absolute Gasteiger partial charge is 0.493 e. The van der Waals surface area contributed by atoms with Crippen LogP contribution in [0.25, 0.3) is 0 Å². The van der Waals surface area contributed by atoms with Crippen LogP contribution in [-0.2, 0) is 9.53 Å². The zero-order chi connectivity index (χ0) is 19.1. The first-order valence-electron chi connectivity index (χ1n) is 7.01. The molecule has 25 heavy (non-hydrogen) atoms. The predicted octanol–water partition coefficient (Wildman–Crippen LogP) is 0.742. The highest BCUT2D eigenvalue weighted by Crippen LogP contribution is 2.35. The molecule has 136 valence electrons. The van der Waals surface area contributed by atoms with Gasteiger partial charge in [-0.2, -0.15) is 0 Å². The summed E-state index contributed by atoms with van der Waals surface area (Å²) in [4.78, 5) is 44.8. The first kappa shape index (κ1) is 19.7. The molecule has 0 aromatic heterocycles. The molecule has 0 aliphatic carbocycles. The van der Waals surface area contributed by atoms with E-state index in [0.29, 0.717) is 0 Å². The van der Waals surface area contributed by atoms with E-state index in [4.69, 9.17) is 19.9 Å². The number of nitro benzene ring substituents is 1. The van der Waals surface area contributed by atoms with Gasteiger partial charge in [-0.05, 0) is 13.8 Å². The van der Waals surface area contributed by atoms with Gasteiger partial charge in [0, 0.05) is 6.07 Å². The third-order valence-electron chi connectivity index (χ3n) is 2.90. The minimum atomic E-state index is -1.41. The third-order valence-corrected chi connectivity index (χ3v) is 2.90. The van der Waals surface area contributed by atoms with Gasteiger partial charge >= 0.3 is 12.0 Å². The van der Waals surface area contributed by atoms with Gasteiger partial charge in [-0.3, -0.25) is 20.2 Å². The Bertz CT molecular complexity index is 704. The van der Waals surface area contributed by atoms with Crippen LogP contribution in [0.4, 0.5) is 10.5 Å². The lowest BCUT2D eigenvalue weighted by atomic mass is 10.1. The number of benzene rings is 1. The second-order valence-corrected chi connectivity index (χ2v) is 4.61. The van der Waals surface area contributed by atoms with Crippen LogP contribution in [0.5, 0.6) is 11.5 Å². The van der Waals surface area contributed by atoms with Gasteiger partial charge in [-0.15, -0.1) is 0 Å². The van der Waals surface area contributed by atoms with Crippen molar-refractivity contribution in [3.05, 3.63) is 27.8 Å². The van der Waals surface area contributed by atoms with Crippen LogP contribution in [0.1, 0.15) is 24.2 Å². The van der Waals surface area contributed by atoms with E-state index in [9.17, 15) is 24.5 Å². The highest BCUT2D eigenvalue weighted by atomic mass is 16.6. The number of nitrogens with zero attached hydrogens (tertiary/aromatic N) is 1. The average molecular weight is 355 g/mol. The molecule has 0 spiro atoms. The van der Waals surface area contributed by atoms with Crippen LogP contribution in [0, 0.1) is 10.1 Å². The summed E-state index contributed by atoms with van der Waals surface area (Å²) in [5, 5.41) is 12.9. The van der Waals surface area contributed by atoms with Crippen molar-refractivity contribution in [3.8, 4) is 11.5 Å². The van der Waals surface area contributed by atoms with Gasteiger partial charge in [0.25, 0.3) is 11.6 Å². The summed E-state index contributed by atoms with van der Waals surface area (Å²) in [6.07, 6.45) is -1.41. The van der Waals surface area contributed by atoms with Crippen molar-refractivity contribution in [1.82, 2.24) is 5.32 Å². The van der Waals surface area contributed by atoms with Crippen LogP contribution < -0.4 is 20.5 Å². The Morgan fingerprint density at radius 1 is 1.32 bits per heavy atom. The van der Waals surface area contributed by atoms with Crippen molar-refractivity contribution in [2.75, 3.05) is 13.7 Å². The maximum atomic E-state index is 12.2. The number of amides is 3. The molecule has 0 saturated heterocycles. The smallest absolute Gasteiger partial charge is 0.346 e. The fourth-order valence-corrected chi connectivity index (χ4v) is 1.79. The molecule has 3 amide bonds. The van der Waals surface area contributed by atoms with Gasteiger partial charge in [0.05, 0.1) is 24.7 Å². The van der Waals surface area contributed by atoms with E-state index in [2.05, 4.69) is 0 Å². The Morgan fingerprint density at radius 3 is 2.44 bits per heavy atom. The number of nitrogens with two attached hydrogens (primary N) is 1. The summed E-state index contributed by atoms with van der Waals surface area (Å²) in [5.74, 6) is -1.97. The Morgan fingerprint density at radius 2 is 1.96 bits per heavy atom. The molecule has 0 saturated carbocycles. The van der Waals surface area contributed by atoms with Gasteiger partial charge < -0.3 is 19.9 Å². The molecule has 0 radical (unpaired) electrons. The topological polar surface area (TPSA) is 160 Å². The van der Waals surface area contributed by atoms with E-state index in [0.717, 1.165) is 12.1 Å². The Hall–Kier alpha value is -3.37. The molecule has 1 unspecified atom stereocenters. The number of hydrogen-bond donors (Lipinski definition) is 2. The second-order valence-electron chi connectivity index (χ2n) is 4.61. The van der Waals surface area contributed by atoms with Crippen molar-refractivity contribution in [3.63, 3.8) is 0 Å². The molecule has 0 heterocycles. The Balaban J connectivity index is 3.18. The van der Waals surface area contributed by atoms with Gasteiger partial charge in [0.2, 0.25) is 0 Å². The number of imide groups is 1. The minimum absolute atomic E-state index is 0.0598. The van der Waals surface area contributed by atoms with E-state index in [-0.39, 0.29) is 18.1 Å². The number of hydrogen-bond acceptors (Lipinski definition) is 8. The lowest BCUT2D eigenvalue weighted by Gasteiger charge is -2.14. The predicted molar refractivity (Wildman–Crippen MR) is 83.4 cm³/mol. The van der Waals surface area contributed by atoms with Gasteiger partial charge in [-0.25, -0.2) is 9.59 Å². The zero-order valence-corrected chi connectivity index (χ0v) is 13.7. The van der Waals surface area contributed by atoms with Crippen LogP contribution >= 0.6 is 0 Å². The maximum Gasteiger partial charge on any atom is 0.346 e. The van der Waals surface area contributed by atoms with Crippen molar-refractivity contribution >= 4 is 23.6 Å². The second kappa shape index (κ2) is 8.47. The molecule has 1 rings (SSSR count). The van der Waals surface area contributed by atoms with Gasteiger partial charge in [-0.1, -0.05) is 0 Å². The Kier molecular flexibility index (Phi) is 6.67. The highest BCUT2D eigenvalue weighted by molar-refractivity contribution is 5.99. The third kappa shape index (κ3) is 5.06. The molecule has 0 fully saturated rings. The molecule has 0 bridgehead atoms. The number of nitrogens with one attached hydrogen (secondary N) is 1. The average Bonchev–Trinajstić information content (AvgIpc) is 2.53. The van der Waals surface area contributed by atoms with Crippen molar-refractivity contribution in [2.24, 2.45) is 5.73 Å². The van der Waals surface area contributed by atoms with E-state index in [1.54, 1.807) is 12.2 Å². The fraction of sp³-hybridized carbons (Fsp3) is 0.357. The van der Waals surface area contributed by atoms with E-state index < -0.39 is 40.2 Å². The lowest BCUT2D eigenvalue weighted by Crippen LogP contribution is -2.42. The number of ether oxygens (including phenoxy) is 3. The standard InChI is InChI=1S/C14H17N3O8/c1-4-24-11-5-8(9(17(21)22)6-10(11)23-3)13(19)25-7(2)12(18)16-14(15)20/h5-7H,4H2,1-3H3,(H3,15,16,18,20). The minimum Gasteiger partial charge on any atom is -0.493 e. The van der Waals surface area contributed by atoms with E-state index in [1.807, 2.05) is 0 Å². The number of methoxy groups -OCH3 is 1. The Labute approximate surface area is 142 Å². The fourth-order valence-electron chi connectivity index (χ4n) is 1.79. The molecule has 11 nitrogen and oxygen atoms in total. The molecule has 0 aliphatic rings. The summed E-state index contributed by atoms with van der Waals surface area (Å²) < 4.78 is 15.1. The molecule has 1 atom stereocenters. The SMILES string of the molecule is CCOc1cc(C(=O)OC(C)C(=O)NC(N)=O)c([N+](=O)[O-])cc1OC. The molecule has 1 aromatic carbocycles. The molecular weight excluding hydrogens is 338 g/mol. The monoisotopic (exact) mass is 355 g/mol. The molecule has 0 aliphatic heterocycles. The molecular formula is C14H17N3O8. The van der Waals surface area contributed by atoms with E-state index >= 15 is 0 Å². The van der Waals surface area contributed by atoms with Crippen molar-refractivity contribution < 1.29 is 33.5 Å². The quantitative estimate of drug-likeness (QED) is 0.411. The maximum absolute atomic E-state index is 12.2. The highest BCUT2D eigenvalue weighted by Gasteiger charge is 2.28. The van der Waals surface area contributed by atoms with Crippen molar-refractivity contribution in [1.29, 1.82) is 0 Å². The number of rotatable bonds is 7. The molecule has 3 N–H and O–H groups in total. The molecule has 11 heteroatoms. The summed E-state index contributed by atoms with van der Waals surface area (Å²) in [6, 6.07) is 0.971. The number of carbonyl (C=O) groups is 3. The van der Waals surface area contributed by atoms with Crippen LogP contribution in [-0.4, -0.2) is 42.7 Å². The molecule has 1 aromatic rings. The van der Waals surface area contributed by atoms with Crippen LogP contribution in [0.2, 0.25) is 0 Å². The summed E-state index contributed by atoms with van der Waals surface area (Å²) in [5.41, 5.74) is 3.76. The summed E-state index contributed by atoms with van der Waals surface area (Å²) in [6.45, 7) is 3.07. The number of carbonyl (C=O) groups excluding carboxylic acids is 3. The summed E-state index contributed by atoms with van der Waals surface area (Å²) in [7, 11) is 1.29. The van der Waals surface area contributed by atoms with Gasteiger partial charge in [0.15, 0.2) is 17.6 Å². The first-order valence-corrected chi connectivity index (χ1v) is 7.01. The van der Waals surface area contributed by atoms with Crippen LogP contribution in [0.3, 0.4) is 0 Å². The normalized spacial score (nSPS) is 11.2.